The summed E-state index contributed by atoms with van der Waals surface area (Å²) in [5.74, 6) is 0.334. The highest BCUT2D eigenvalue weighted by Crippen LogP contribution is 2.26. The van der Waals surface area contributed by atoms with E-state index in [0.717, 1.165) is 12.8 Å². The molecule has 0 unspecified atom stereocenters. The van der Waals surface area contributed by atoms with Crippen molar-refractivity contribution in [1.29, 1.82) is 0 Å². The average Bonchev–Trinajstić information content (AvgIpc) is 2.26. The number of carbonyl (C=O) groups excluding carboxylic acids is 1. The summed E-state index contributed by atoms with van der Waals surface area (Å²) in [5.41, 5.74) is 0.164. The number of halogens is 1. The molecule has 0 saturated heterocycles. The minimum absolute atomic E-state index is 0.0173. The monoisotopic (exact) mass is 268 g/mol. The molecule has 1 fully saturated rings. The standard InChI is InChI=1S/C12H13ClN2O3/c13-10-6-9(4-5-11(10)15(17)18)12(16)14-7-8-2-1-3-8/h4-6,8H,1-3,7H2,(H,14,16). The van der Waals surface area contributed by atoms with E-state index in [2.05, 4.69) is 5.32 Å². The van der Waals surface area contributed by atoms with E-state index in [-0.39, 0.29) is 16.6 Å². The van der Waals surface area contributed by atoms with Crippen molar-refractivity contribution >= 4 is 23.2 Å². The van der Waals surface area contributed by atoms with Gasteiger partial charge in [0.1, 0.15) is 5.02 Å². The Labute approximate surface area is 109 Å². The van der Waals surface area contributed by atoms with Crippen molar-refractivity contribution in [3.8, 4) is 0 Å². The van der Waals surface area contributed by atoms with E-state index in [4.69, 9.17) is 11.6 Å². The Morgan fingerprint density at radius 1 is 1.50 bits per heavy atom. The molecule has 1 aliphatic carbocycles. The van der Waals surface area contributed by atoms with E-state index in [1.807, 2.05) is 0 Å². The zero-order valence-corrected chi connectivity index (χ0v) is 10.4. The predicted molar refractivity (Wildman–Crippen MR) is 67.8 cm³/mol. The van der Waals surface area contributed by atoms with Crippen LogP contribution >= 0.6 is 11.6 Å². The molecule has 18 heavy (non-hydrogen) atoms. The molecule has 6 heteroatoms. The fourth-order valence-electron chi connectivity index (χ4n) is 1.83. The molecule has 5 nitrogen and oxygen atoms in total. The third-order valence-electron chi connectivity index (χ3n) is 3.18. The number of nitrogens with zero attached hydrogens (tertiary/aromatic N) is 1. The van der Waals surface area contributed by atoms with Gasteiger partial charge >= 0.3 is 0 Å². The highest BCUT2D eigenvalue weighted by molar-refractivity contribution is 6.33. The van der Waals surface area contributed by atoms with Crippen LogP contribution in [-0.2, 0) is 0 Å². The molecule has 1 aliphatic rings. The third-order valence-corrected chi connectivity index (χ3v) is 3.49. The molecule has 1 aromatic carbocycles. The molecule has 1 amide bonds. The summed E-state index contributed by atoms with van der Waals surface area (Å²) in [7, 11) is 0. The van der Waals surface area contributed by atoms with Gasteiger partial charge in [-0.15, -0.1) is 0 Å². The van der Waals surface area contributed by atoms with Crippen LogP contribution in [0.1, 0.15) is 29.6 Å². The first kappa shape index (κ1) is 12.8. The van der Waals surface area contributed by atoms with Crippen LogP contribution in [0, 0.1) is 16.0 Å². The van der Waals surface area contributed by atoms with Crippen molar-refractivity contribution < 1.29 is 9.72 Å². The van der Waals surface area contributed by atoms with Crippen LogP contribution in [0.3, 0.4) is 0 Å². The second kappa shape index (κ2) is 5.35. The Morgan fingerprint density at radius 2 is 2.22 bits per heavy atom. The van der Waals surface area contributed by atoms with Gasteiger partial charge in [0.15, 0.2) is 0 Å². The fraction of sp³-hybridized carbons (Fsp3) is 0.417. The van der Waals surface area contributed by atoms with E-state index >= 15 is 0 Å². The van der Waals surface area contributed by atoms with Gasteiger partial charge in [-0.05, 0) is 30.9 Å². The number of hydrogen-bond donors (Lipinski definition) is 1. The number of amides is 1. The summed E-state index contributed by atoms with van der Waals surface area (Å²) in [5, 5.41) is 13.4. The van der Waals surface area contributed by atoms with Crippen LogP contribution < -0.4 is 5.32 Å². The van der Waals surface area contributed by atoms with E-state index in [1.165, 1.54) is 24.6 Å². The molecular formula is C12H13ClN2O3. The third kappa shape index (κ3) is 2.79. The topological polar surface area (TPSA) is 72.2 Å². The molecule has 1 N–H and O–H groups in total. The fourth-order valence-corrected chi connectivity index (χ4v) is 2.08. The summed E-state index contributed by atoms with van der Waals surface area (Å²) < 4.78 is 0. The van der Waals surface area contributed by atoms with Crippen molar-refractivity contribution in [3.63, 3.8) is 0 Å². The van der Waals surface area contributed by atoms with Crippen LogP contribution in [0.25, 0.3) is 0 Å². The number of benzene rings is 1. The van der Waals surface area contributed by atoms with Gasteiger partial charge in [0.05, 0.1) is 4.92 Å². The second-order valence-corrected chi connectivity index (χ2v) is 4.84. The van der Waals surface area contributed by atoms with Gasteiger partial charge in [-0.1, -0.05) is 18.0 Å². The van der Waals surface area contributed by atoms with Gasteiger partial charge in [0.25, 0.3) is 11.6 Å². The first-order valence-electron chi connectivity index (χ1n) is 5.80. The molecular weight excluding hydrogens is 256 g/mol. The maximum absolute atomic E-state index is 11.8. The summed E-state index contributed by atoms with van der Waals surface area (Å²) >= 11 is 5.75. The van der Waals surface area contributed by atoms with Crippen LogP contribution in [-0.4, -0.2) is 17.4 Å². The lowest BCUT2D eigenvalue weighted by Gasteiger charge is -2.25. The molecule has 0 bridgehead atoms. The molecule has 0 aromatic heterocycles. The lowest BCUT2D eigenvalue weighted by atomic mass is 9.85. The van der Waals surface area contributed by atoms with Crippen LogP contribution in [0.2, 0.25) is 5.02 Å². The molecule has 0 radical (unpaired) electrons. The molecule has 0 heterocycles. The van der Waals surface area contributed by atoms with Gasteiger partial charge in [0.2, 0.25) is 0 Å². The van der Waals surface area contributed by atoms with Crippen molar-refractivity contribution in [2.75, 3.05) is 6.54 Å². The minimum atomic E-state index is -0.571. The Bertz CT molecular complexity index is 486. The van der Waals surface area contributed by atoms with Gasteiger partial charge in [-0.3, -0.25) is 14.9 Å². The van der Waals surface area contributed by atoms with E-state index in [0.29, 0.717) is 18.0 Å². The predicted octanol–water partition coefficient (Wildman–Crippen LogP) is 2.78. The van der Waals surface area contributed by atoms with E-state index in [1.54, 1.807) is 0 Å². The summed E-state index contributed by atoms with van der Waals surface area (Å²) in [6.45, 7) is 0.660. The molecule has 0 aliphatic heterocycles. The minimum Gasteiger partial charge on any atom is -0.352 e. The maximum Gasteiger partial charge on any atom is 0.287 e. The highest BCUT2D eigenvalue weighted by Gasteiger charge is 2.19. The van der Waals surface area contributed by atoms with Crippen molar-refractivity contribution in [2.24, 2.45) is 5.92 Å². The van der Waals surface area contributed by atoms with E-state index < -0.39 is 4.92 Å². The van der Waals surface area contributed by atoms with Gasteiger partial charge in [0, 0.05) is 18.2 Å². The normalized spacial score (nSPS) is 14.9. The molecule has 96 valence electrons. The Morgan fingerprint density at radius 3 is 2.72 bits per heavy atom. The zero-order valence-electron chi connectivity index (χ0n) is 9.69. The van der Waals surface area contributed by atoms with Gasteiger partial charge in [-0.2, -0.15) is 0 Å². The van der Waals surface area contributed by atoms with E-state index in [9.17, 15) is 14.9 Å². The number of nitrogens with one attached hydrogen (secondary N) is 1. The number of carbonyl (C=O) groups is 1. The molecule has 2 rings (SSSR count). The Balaban J connectivity index is 2.01. The van der Waals surface area contributed by atoms with Crippen LogP contribution in [0.15, 0.2) is 18.2 Å². The molecule has 1 saturated carbocycles. The number of nitro groups is 1. The Kier molecular flexibility index (Phi) is 3.81. The smallest absolute Gasteiger partial charge is 0.287 e. The largest absolute Gasteiger partial charge is 0.352 e. The second-order valence-electron chi connectivity index (χ2n) is 4.43. The molecule has 0 atom stereocenters. The van der Waals surface area contributed by atoms with Crippen molar-refractivity contribution in [3.05, 3.63) is 38.9 Å². The highest BCUT2D eigenvalue weighted by atomic mass is 35.5. The lowest BCUT2D eigenvalue weighted by molar-refractivity contribution is -0.384. The number of hydrogen-bond acceptors (Lipinski definition) is 3. The first-order valence-corrected chi connectivity index (χ1v) is 6.18. The first-order chi connectivity index (χ1) is 8.58. The van der Waals surface area contributed by atoms with Crippen molar-refractivity contribution in [2.45, 2.75) is 19.3 Å². The SMILES string of the molecule is O=C(NCC1CCC1)c1ccc([N+](=O)[O-])c(Cl)c1. The summed E-state index contributed by atoms with van der Waals surface area (Å²) in [6, 6.07) is 4.00. The zero-order chi connectivity index (χ0) is 13.1. The van der Waals surface area contributed by atoms with Gasteiger partial charge in [-0.25, -0.2) is 0 Å². The maximum atomic E-state index is 11.8. The van der Waals surface area contributed by atoms with Crippen molar-refractivity contribution in [1.82, 2.24) is 5.32 Å². The Hall–Kier alpha value is -1.62. The number of nitro benzene ring substituents is 1. The van der Waals surface area contributed by atoms with Crippen LogP contribution in [0.5, 0.6) is 0 Å². The molecule has 0 spiro atoms. The quantitative estimate of drug-likeness (QED) is 0.674. The summed E-state index contributed by atoms with van der Waals surface area (Å²) in [6.07, 6.45) is 3.53. The van der Waals surface area contributed by atoms with Crippen LogP contribution in [0.4, 0.5) is 5.69 Å². The lowest BCUT2D eigenvalue weighted by Crippen LogP contribution is -2.32. The average molecular weight is 269 g/mol. The molecule has 1 aromatic rings. The van der Waals surface area contributed by atoms with Gasteiger partial charge < -0.3 is 5.32 Å². The summed E-state index contributed by atoms with van der Waals surface area (Å²) in [4.78, 5) is 21.8. The number of rotatable bonds is 4.